The number of unbranched alkanes of at least 4 members (excludes halogenated alkanes) is 1. The predicted octanol–water partition coefficient (Wildman–Crippen LogP) is 7.95. The van der Waals surface area contributed by atoms with Crippen molar-refractivity contribution in [3.05, 3.63) is 70.8 Å². The van der Waals surface area contributed by atoms with Crippen molar-refractivity contribution in [2.24, 2.45) is 5.92 Å². The molecule has 0 saturated heterocycles. The van der Waals surface area contributed by atoms with E-state index in [9.17, 15) is 0 Å². The molecule has 1 unspecified atom stereocenters. The minimum atomic E-state index is 0.248. The first-order chi connectivity index (χ1) is 12.4. The molecule has 0 bridgehead atoms. The molecule has 0 aliphatic heterocycles. The highest BCUT2D eigenvalue weighted by Gasteiger charge is 2.15. The lowest BCUT2D eigenvalue weighted by atomic mass is 9.85. The molecule has 0 heteroatoms. The maximum Gasteiger partial charge on any atom is -0.0132 e. The summed E-state index contributed by atoms with van der Waals surface area (Å²) in [6.07, 6.45) is 18.1. The molecular weight excluding hydrogens is 312 g/mol. The molecule has 0 aromatic heterocycles. The summed E-state index contributed by atoms with van der Waals surface area (Å²) in [5.74, 6) is 0.724. The monoisotopic (exact) mass is 350 g/mol. The lowest BCUT2D eigenvalue weighted by molar-refractivity contribution is 0.487. The van der Waals surface area contributed by atoms with Crippen LogP contribution in [0.25, 0.3) is 0 Å². The van der Waals surface area contributed by atoms with Gasteiger partial charge in [-0.25, -0.2) is 0 Å². The fraction of sp³-hybridized carbons (Fsp3) is 0.538. The molecule has 0 spiro atoms. The van der Waals surface area contributed by atoms with E-state index in [0.29, 0.717) is 0 Å². The molecule has 2 rings (SSSR count). The Morgan fingerprint density at radius 1 is 0.923 bits per heavy atom. The first kappa shape index (κ1) is 20.7. The molecule has 0 fully saturated rings. The Bertz CT molecular complexity index is 632. The normalized spacial score (nSPS) is 16.0. The summed E-state index contributed by atoms with van der Waals surface area (Å²) in [5.41, 5.74) is 6.21. The second-order valence-electron chi connectivity index (χ2n) is 8.86. The molecule has 26 heavy (non-hydrogen) atoms. The summed E-state index contributed by atoms with van der Waals surface area (Å²) in [6.45, 7) is 11.4. The van der Waals surface area contributed by atoms with Crippen molar-refractivity contribution in [3.63, 3.8) is 0 Å². The molecule has 0 N–H and O–H groups in total. The van der Waals surface area contributed by atoms with Gasteiger partial charge in [-0.3, -0.25) is 0 Å². The summed E-state index contributed by atoms with van der Waals surface area (Å²) in [5, 5.41) is 0. The summed E-state index contributed by atoms with van der Waals surface area (Å²) in [6, 6.07) is 9.28. The Morgan fingerprint density at radius 2 is 1.62 bits per heavy atom. The highest BCUT2D eigenvalue weighted by Crippen LogP contribution is 2.29. The van der Waals surface area contributed by atoms with E-state index in [-0.39, 0.29) is 5.41 Å². The first-order valence-corrected chi connectivity index (χ1v) is 10.5. The van der Waals surface area contributed by atoms with E-state index in [1.807, 2.05) is 0 Å². The van der Waals surface area contributed by atoms with Crippen LogP contribution in [-0.4, -0.2) is 0 Å². The number of hydrogen-bond acceptors (Lipinski definition) is 0. The minimum Gasteiger partial charge on any atom is -0.0805 e. The zero-order valence-electron chi connectivity index (χ0n) is 17.6. The standard InChI is InChI=1S/C26H38/c1-6-12-23(25-16-9-7-8-13-21(25)2)15-11-10-14-22-17-19-24(20-18-22)26(3,4)5/h8-9,13,16-20,23H,6-7,10-12,14-15H2,1-5H3. The van der Waals surface area contributed by atoms with Gasteiger partial charge in [-0.2, -0.15) is 0 Å². The van der Waals surface area contributed by atoms with Gasteiger partial charge in [0, 0.05) is 0 Å². The van der Waals surface area contributed by atoms with Gasteiger partial charge in [-0.15, -0.1) is 0 Å². The number of benzene rings is 1. The lowest BCUT2D eigenvalue weighted by Gasteiger charge is -2.20. The van der Waals surface area contributed by atoms with Gasteiger partial charge in [-0.05, 0) is 72.6 Å². The Hall–Kier alpha value is -1.56. The Balaban J connectivity index is 1.87. The van der Waals surface area contributed by atoms with Gasteiger partial charge in [-0.1, -0.05) is 89.1 Å². The third-order valence-electron chi connectivity index (χ3n) is 5.56. The minimum absolute atomic E-state index is 0.248. The molecule has 1 aliphatic carbocycles. The van der Waals surface area contributed by atoms with Crippen molar-refractivity contribution >= 4 is 0 Å². The van der Waals surface area contributed by atoms with Crippen LogP contribution in [0.2, 0.25) is 0 Å². The molecule has 1 aromatic rings. The van der Waals surface area contributed by atoms with Crippen molar-refractivity contribution in [2.75, 3.05) is 0 Å². The molecule has 1 aromatic carbocycles. The second kappa shape index (κ2) is 9.95. The average molecular weight is 351 g/mol. The molecule has 0 heterocycles. The molecule has 1 aliphatic rings. The van der Waals surface area contributed by atoms with E-state index in [0.717, 1.165) is 12.3 Å². The molecule has 0 amide bonds. The second-order valence-corrected chi connectivity index (χ2v) is 8.86. The molecule has 1 atom stereocenters. The van der Waals surface area contributed by atoms with E-state index in [4.69, 9.17) is 0 Å². The van der Waals surface area contributed by atoms with Crippen LogP contribution >= 0.6 is 0 Å². The van der Waals surface area contributed by atoms with Crippen LogP contribution in [0, 0.1) is 5.92 Å². The van der Waals surface area contributed by atoms with Gasteiger partial charge in [0.25, 0.3) is 0 Å². The van der Waals surface area contributed by atoms with Crippen molar-refractivity contribution in [1.29, 1.82) is 0 Å². The van der Waals surface area contributed by atoms with E-state index < -0.39 is 0 Å². The molecular formula is C26H38. The maximum absolute atomic E-state index is 2.39. The van der Waals surface area contributed by atoms with E-state index in [1.165, 1.54) is 55.2 Å². The SMILES string of the molecule is CCCC(CCCCc1ccc(C(C)(C)C)cc1)C1=C(C)C=CCC=C1. The summed E-state index contributed by atoms with van der Waals surface area (Å²) in [4.78, 5) is 0. The molecule has 0 nitrogen and oxygen atoms in total. The fourth-order valence-corrected chi connectivity index (χ4v) is 3.90. The number of aryl methyl sites for hydroxylation is 1. The van der Waals surface area contributed by atoms with Crippen molar-refractivity contribution < 1.29 is 0 Å². The van der Waals surface area contributed by atoms with Gasteiger partial charge in [0.1, 0.15) is 0 Å². The third kappa shape index (κ3) is 6.31. The highest BCUT2D eigenvalue weighted by molar-refractivity contribution is 5.36. The van der Waals surface area contributed by atoms with E-state index in [1.54, 1.807) is 5.57 Å². The topological polar surface area (TPSA) is 0 Å². The highest BCUT2D eigenvalue weighted by atomic mass is 14.2. The van der Waals surface area contributed by atoms with Crippen LogP contribution in [0.4, 0.5) is 0 Å². The van der Waals surface area contributed by atoms with Crippen molar-refractivity contribution in [2.45, 2.75) is 85.0 Å². The zero-order valence-corrected chi connectivity index (χ0v) is 17.6. The number of hydrogen-bond donors (Lipinski definition) is 0. The number of rotatable bonds is 8. The van der Waals surface area contributed by atoms with E-state index in [2.05, 4.69) is 83.2 Å². The first-order valence-electron chi connectivity index (χ1n) is 10.5. The smallest absolute Gasteiger partial charge is 0.0132 e. The summed E-state index contributed by atoms with van der Waals surface area (Å²) >= 11 is 0. The molecule has 142 valence electrons. The van der Waals surface area contributed by atoms with Crippen molar-refractivity contribution in [1.82, 2.24) is 0 Å². The fourth-order valence-electron chi connectivity index (χ4n) is 3.90. The average Bonchev–Trinajstić information content (AvgIpc) is 2.82. The van der Waals surface area contributed by atoms with Gasteiger partial charge in [0.15, 0.2) is 0 Å². The third-order valence-corrected chi connectivity index (χ3v) is 5.56. The predicted molar refractivity (Wildman–Crippen MR) is 117 cm³/mol. The quantitative estimate of drug-likeness (QED) is 0.417. The largest absolute Gasteiger partial charge is 0.0805 e. The van der Waals surface area contributed by atoms with E-state index >= 15 is 0 Å². The zero-order chi connectivity index (χ0) is 19.0. The molecule has 0 radical (unpaired) electrons. The van der Waals surface area contributed by atoms with Gasteiger partial charge < -0.3 is 0 Å². The number of allylic oxidation sites excluding steroid dienone is 6. The van der Waals surface area contributed by atoms with Gasteiger partial charge in [0.2, 0.25) is 0 Å². The Kier molecular flexibility index (Phi) is 7.94. The van der Waals surface area contributed by atoms with Crippen LogP contribution in [0.15, 0.2) is 59.7 Å². The van der Waals surface area contributed by atoms with Crippen LogP contribution in [0.3, 0.4) is 0 Å². The van der Waals surface area contributed by atoms with Crippen LogP contribution < -0.4 is 0 Å². The molecule has 0 saturated carbocycles. The van der Waals surface area contributed by atoms with Crippen LogP contribution in [-0.2, 0) is 11.8 Å². The Labute approximate surface area is 162 Å². The summed E-state index contributed by atoms with van der Waals surface area (Å²) < 4.78 is 0. The van der Waals surface area contributed by atoms with Crippen molar-refractivity contribution in [3.8, 4) is 0 Å². The summed E-state index contributed by atoms with van der Waals surface area (Å²) in [7, 11) is 0. The maximum atomic E-state index is 2.39. The Morgan fingerprint density at radius 3 is 2.27 bits per heavy atom. The van der Waals surface area contributed by atoms with Crippen LogP contribution in [0.1, 0.15) is 84.3 Å². The lowest BCUT2D eigenvalue weighted by Crippen LogP contribution is -2.10. The van der Waals surface area contributed by atoms with Gasteiger partial charge in [0.05, 0.1) is 0 Å². The van der Waals surface area contributed by atoms with Gasteiger partial charge >= 0.3 is 0 Å². The van der Waals surface area contributed by atoms with Crippen LogP contribution in [0.5, 0.6) is 0 Å².